The number of hydrogen-bond donors (Lipinski definition) is 1. The van der Waals surface area contributed by atoms with E-state index in [1.807, 2.05) is 12.1 Å². The van der Waals surface area contributed by atoms with E-state index in [2.05, 4.69) is 45.1 Å². The second-order valence-corrected chi connectivity index (χ2v) is 12.6. The van der Waals surface area contributed by atoms with Gasteiger partial charge in [-0.1, -0.05) is 28.4 Å². The van der Waals surface area contributed by atoms with Gasteiger partial charge in [-0.05, 0) is 49.4 Å². The predicted molar refractivity (Wildman–Crippen MR) is 159 cm³/mol. The van der Waals surface area contributed by atoms with Crippen LogP contribution in [0.4, 0.5) is 5.82 Å². The molecule has 0 radical (unpaired) electrons. The highest BCUT2D eigenvalue weighted by Gasteiger charge is 2.44. The van der Waals surface area contributed by atoms with Crippen LogP contribution >= 0.6 is 11.6 Å². The van der Waals surface area contributed by atoms with Crippen molar-refractivity contribution >= 4 is 39.1 Å². The van der Waals surface area contributed by atoms with Crippen LogP contribution in [-0.4, -0.2) is 74.1 Å². The van der Waals surface area contributed by atoms with Crippen LogP contribution in [-0.2, 0) is 9.47 Å². The van der Waals surface area contributed by atoms with E-state index in [0.29, 0.717) is 5.92 Å². The molecular weight excluding hydrogens is 522 g/mol. The van der Waals surface area contributed by atoms with Gasteiger partial charge in [0.1, 0.15) is 0 Å². The minimum atomic E-state index is 0.0583. The average Bonchev–Trinajstić information content (AvgIpc) is 3.44. The van der Waals surface area contributed by atoms with Gasteiger partial charge in [-0.3, -0.25) is 9.38 Å². The molecule has 40 heavy (non-hydrogen) atoms. The Morgan fingerprint density at radius 2 is 1.70 bits per heavy atom. The van der Waals surface area contributed by atoms with E-state index in [0.717, 1.165) is 94.3 Å². The van der Waals surface area contributed by atoms with Crippen molar-refractivity contribution in [1.82, 2.24) is 19.5 Å². The average molecular weight is 560 g/mol. The third-order valence-electron chi connectivity index (χ3n) is 9.94. The smallest absolute Gasteiger partial charge is 0.286 e. The van der Waals surface area contributed by atoms with Gasteiger partial charge in [-0.15, -0.1) is 0 Å². The van der Waals surface area contributed by atoms with Crippen molar-refractivity contribution in [3.63, 3.8) is 0 Å². The fourth-order valence-electron chi connectivity index (χ4n) is 7.60. The van der Waals surface area contributed by atoms with E-state index in [4.69, 9.17) is 26.1 Å². The van der Waals surface area contributed by atoms with Crippen LogP contribution in [0.5, 0.6) is 0 Å². The largest absolute Gasteiger partial charge is 0.381 e. The quantitative estimate of drug-likeness (QED) is 0.263. The van der Waals surface area contributed by atoms with E-state index in [1.54, 1.807) is 0 Å². The number of fused-ring (bicyclic) bond motifs is 5. The lowest BCUT2D eigenvalue weighted by molar-refractivity contribution is -0.790. The van der Waals surface area contributed by atoms with E-state index < -0.39 is 0 Å². The van der Waals surface area contributed by atoms with Crippen molar-refractivity contribution < 1.29 is 14.2 Å². The van der Waals surface area contributed by atoms with E-state index >= 15 is 0 Å². The molecular formula is C32H38ClN5O2+2. The summed E-state index contributed by atoms with van der Waals surface area (Å²) < 4.78 is 15.3. The Bertz CT molecular complexity index is 1530. The molecule has 2 bridgehead atoms. The fourth-order valence-corrected chi connectivity index (χ4v) is 7.72. The van der Waals surface area contributed by atoms with Gasteiger partial charge >= 0.3 is 0 Å². The van der Waals surface area contributed by atoms with Gasteiger partial charge < -0.3 is 9.47 Å². The molecule has 208 valence electrons. The van der Waals surface area contributed by atoms with Crippen LogP contribution in [0.2, 0.25) is 5.02 Å². The zero-order chi connectivity index (χ0) is 26.7. The second kappa shape index (κ2) is 10.1. The minimum Gasteiger partial charge on any atom is -0.381 e. The molecule has 0 aliphatic carbocycles. The Kier molecular flexibility index (Phi) is 6.34. The summed E-state index contributed by atoms with van der Waals surface area (Å²) >= 11 is 6.37. The summed E-state index contributed by atoms with van der Waals surface area (Å²) in [5.41, 5.74) is 4.90. The third kappa shape index (κ3) is 4.17. The van der Waals surface area contributed by atoms with Crippen molar-refractivity contribution in [3.05, 3.63) is 53.3 Å². The number of aromatic amines is 1. The molecule has 5 aliphatic rings. The number of ether oxygens (including phenoxy) is 2. The Morgan fingerprint density at radius 1 is 0.925 bits per heavy atom. The van der Waals surface area contributed by atoms with Crippen molar-refractivity contribution in [1.29, 1.82) is 0 Å². The molecule has 1 atom stereocenters. The van der Waals surface area contributed by atoms with Crippen molar-refractivity contribution in [3.8, 4) is 11.1 Å². The molecule has 4 aromatic rings. The first kappa shape index (κ1) is 25.2. The number of halogens is 1. The van der Waals surface area contributed by atoms with Gasteiger partial charge in [0.25, 0.3) is 6.23 Å². The Hall–Kier alpha value is -2.55. The number of benzene rings is 2. The highest BCUT2D eigenvalue weighted by molar-refractivity contribution is 6.30. The summed E-state index contributed by atoms with van der Waals surface area (Å²) in [4.78, 5) is 8.38. The zero-order valence-electron chi connectivity index (χ0n) is 23.1. The van der Waals surface area contributed by atoms with Gasteiger partial charge in [-0.25, -0.2) is 0 Å². The number of nitrogens with zero attached hydrogens (tertiary/aromatic N) is 4. The van der Waals surface area contributed by atoms with Gasteiger partial charge in [0.05, 0.1) is 48.9 Å². The first-order chi connectivity index (χ1) is 19.7. The highest BCUT2D eigenvalue weighted by Crippen LogP contribution is 2.45. The number of pyridine rings is 1. The zero-order valence-corrected chi connectivity index (χ0v) is 23.8. The molecule has 7 heterocycles. The van der Waals surface area contributed by atoms with Crippen molar-refractivity contribution in [2.24, 2.45) is 0 Å². The summed E-state index contributed by atoms with van der Waals surface area (Å²) in [6.07, 6.45) is 7.61. The number of piperazine rings is 3. The summed E-state index contributed by atoms with van der Waals surface area (Å²) in [6, 6.07) is 13.2. The molecule has 1 N–H and O–H groups in total. The Labute approximate surface area is 240 Å². The first-order valence-electron chi connectivity index (χ1n) is 15.1. The molecule has 5 fully saturated rings. The SMILES string of the molecule is Clc1ccc(-c2c(C3CCOCC3)nc([N+]34CCN(CC3)CC4)c3cc4c(c[nH][n+]4C4CCCCO4)cc23)cc1. The summed E-state index contributed by atoms with van der Waals surface area (Å²) in [7, 11) is 0. The molecule has 9 rings (SSSR count). The molecule has 8 heteroatoms. The summed E-state index contributed by atoms with van der Waals surface area (Å²) in [5.74, 6) is 1.65. The minimum absolute atomic E-state index is 0.0583. The molecule has 5 saturated heterocycles. The summed E-state index contributed by atoms with van der Waals surface area (Å²) in [5, 5.41) is 8.13. The number of H-pyrrole nitrogens is 1. The van der Waals surface area contributed by atoms with Gasteiger partial charge in [0.15, 0.2) is 0 Å². The number of rotatable bonds is 4. The number of quaternary nitrogens is 1. The lowest BCUT2D eigenvalue weighted by atomic mass is 9.86. The number of nitrogens with one attached hydrogen (secondary N) is 1. The number of hydrogen-bond acceptors (Lipinski definition) is 4. The Balaban J connectivity index is 1.42. The molecule has 2 aromatic carbocycles. The summed E-state index contributed by atoms with van der Waals surface area (Å²) in [6.45, 7) is 9.26. The molecule has 0 amide bonds. The van der Waals surface area contributed by atoms with Crippen LogP contribution in [0.15, 0.2) is 42.6 Å². The van der Waals surface area contributed by atoms with Crippen LogP contribution in [0, 0.1) is 0 Å². The molecule has 1 unspecified atom stereocenters. The molecule has 5 aliphatic heterocycles. The monoisotopic (exact) mass is 559 g/mol. The van der Waals surface area contributed by atoms with Crippen LogP contribution < -0.4 is 9.16 Å². The third-order valence-corrected chi connectivity index (χ3v) is 10.2. The normalized spacial score (nSPS) is 27.5. The standard InChI is InChI=1S/C32H37ClN5O2/c33-25-6-4-22(5-7-25)30-26-19-24-21-34-37(29-3-1-2-16-40-29)28(24)20-27(26)32(35-31(30)23-8-17-39-18-9-23)38-13-10-36(11-14-38)12-15-38/h4-7,19-21,23,29H,1-3,8-18H2/q+1/p+1. The van der Waals surface area contributed by atoms with Gasteiger partial charge in [0, 0.05) is 67.2 Å². The van der Waals surface area contributed by atoms with Crippen molar-refractivity contribution in [2.75, 3.05) is 59.1 Å². The fraction of sp³-hybridized carbons (Fsp3) is 0.500. The maximum absolute atomic E-state index is 6.37. The number of aromatic nitrogens is 3. The molecule has 0 saturated carbocycles. The lowest BCUT2D eigenvalue weighted by Crippen LogP contribution is -2.68. The second-order valence-electron chi connectivity index (χ2n) is 12.2. The molecule has 0 spiro atoms. The molecule has 7 nitrogen and oxygen atoms in total. The first-order valence-corrected chi connectivity index (χ1v) is 15.5. The van der Waals surface area contributed by atoms with Crippen LogP contribution in [0.1, 0.15) is 49.9 Å². The van der Waals surface area contributed by atoms with E-state index in [-0.39, 0.29) is 6.23 Å². The lowest BCUT2D eigenvalue weighted by Gasteiger charge is -2.49. The molecule has 2 aromatic heterocycles. The Morgan fingerprint density at radius 3 is 2.42 bits per heavy atom. The van der Waals surface area contributed by atoms with Gasteiger partial charge in [0.2, 0.25) is 11.3 Å². The maximum atomic E-state index is 6.37. The highest BCUT2D eigenvalue weighted by atomic mass is 35.5. The van der Waals surface area contributed by atoms with Crippen LogP contribution in [0.25, 0.3) is 32.8 Å². The predicted octanol–water partition coefficient (Wildman–Crippen LogP) is 5.55. The van der Waals surface area contributed by atoms with E-state index in [1.165, 1.54) is 50.7 Å². The maximum Gasteiger partial charge on any atom is 0.286 e. The van der Waals surface area contributed by atoms with Crippen LogP contribution in [0.3, 0.4) is 0 Å². The topological polar surface area (TPSA) is 54.3 Å². The van der Waals surface area contributed by atoms with Gasteiger partial charge in [-0.2, -0.15) is 10.1 Å². The van der Waals surface area contributed by atoms with E-state index in [9.17, 15) is 0 Å². The van der Waals surface area contributed by atoms with Crippen molar-refractivity contribution in [2.45, 2.75) is 44.2 Å².